The van der Waals surface area contributed by atoms with Crippen LogP contribution in [0.5, 0.6) is 11.5 Å². The van der Waals surface area contributed by atoms with Gasteiger partial charge in [0.25, 0.3) is 0 Å². The molecule has 0 aromatic heterocycles. The van der Waals surface area contributed by atoms with Crippen LogP contribution in [-0.2, 0) is 9.47 Å². The number of likely N-dealkylation sites (N-methyl/N-ethyl adjacent to an activating group) is 1. The molecule has 0 amide bonds. The van der Waals surface area contributed by atoms with Crippen LogP contribution in [0.3, 0.4) is 0 Å². The number of nitrogens with zero attached hydrogens (tertiary/aromatic N) is 1. The van der Waals surface area contributed by atoms with E-state index in [9.17, 15) is 9.90 Å². The highest BCUT2D eigenvalue weighted by Gasteiger charge is 2.15. The van der Waals surface area contributed by atoms with Crippen LogP contribution in [0.25, 0.3) is 6.08 Å². The van der Waals surface area contributed by atoms with E-state index in [1.807, 2.05) is 79.7 Å². The number of ether oxygens (including phenoxy) is 3. The Morgan fingerprint density at radius 1 is 0.941 bits per heavy atom. The molecule has 6 heteroatoms. The van der Waals surface area contributed by atoms with Crippen molar-refractivity contribution in [3.63, 3.8) is 0 Å². The van der Waals surface area contributed by atoms with Gasteiger partial charge in [-0.3, -0.25) is 0 Å². The number of benzene rings is 3. The van der Waals surface area contributed by atoms with Gasteiger partial charge in [-0.15, -0.1) is 0 Å². The Balaban J connectivity index is 1.61. The first-order chi connectivity index (χ1) is 16.5. The van der Waals surface area contributed by atoms with Gasteiger partial charge in [-0.05, 0) is 67.2 Å². The number of aromatic hydroxyl groups is 1. The molecule has 6 nitrogen and oxygen atoms in total. The molecule has 0 saturated heterocycles. The van der Waals surface area contributed by atoms with E-state index in [0.717, 1.165) is 22.4 Å². The molecule has 0 radical (unpaired) electrons. The minimum absolute atomic E-state index is 0.210. The van der Waals surface area contributed by atoms with Crippen molar-refractivity contribution < 1.29 is 24.1 Å². The number of carbonyl (C=O) groups is 1. The minimum Gasteiger partial charge on any atom is -0.508 e. The molecule has 0 spiro atoms. The number of rotatable bonds is 11. The van der Waals surface area contributed by atoms with Crippen LogP contribution in [0.1, 0.15) is 33.2 Å². The van der Waals surface area contributed by atoms with E-state index in [1.165, 1.54) is 0 Å². The average Bonchev–Trinajstić information content (AvgIpc) is 2.85. The highest BCUT2D eigenvalue weighted by Crippen LogP contribution is 2.28. The smallest absolute Gasteiger partial charge is 0.338 e. The zero-order valence-corrected chi connectivity index (χ0v) is 19.8. The van der Waals surface area contributed by atoms with Crippen molar-refractivity contribution in [3.8, 4) is 11.5 Å². The van der Waals surface area contributed by atoms with Crippen molar-refractivity contribution in [1.82, 2.24) is 4.90 Å². The molecule has 1 N–H and O–H groups in total. The summed E-state index contributed by atoms with van der Waals surface area (Å²) < 4.78 is 16.7. The van der Waals surface area contributed by atoms with Crippen LogP contribution in [0.15, 0.2) is 78.9 Å². The maximum atomic E-state index is 12.1. The predicted octanol–water partition coefficient (Wildman–Crippen LogP) is 4.94. The standard InChI is InChI=1S/C28H31NO5/c1-29(2)18-20-34-28(31)24-8-6-21(7-9-24)5-4-19-33-27(22-10-14-25(30)15-11-22)23-12-16-26(32-3)17-13-23/h4-17,27,30H,18-20H2,1-3H3/b5-4+. The van der Waals surface area contributed by atoms with E-state index in [0.29, 0.717) is 25.3 Å². The van der Waals surface area contributed by atoms with E-state index >= 15 is 0 Å². The Morgan fingerprint density at radius 3 is 2.15 bits per heavy atom. The molecule has 0 saturated carbocycles. The molecular weight excluding hydrogens is 430 g/mol. The van der Waals surface area contributed by atoms with Crippen molar-refractivity contribution in [2.45, 2.75) is 6.10 Å². The first-order valence-electron chi connectivity index (χ1n) is 11.1. The van der Waals surface area contributed by atoms with Gasteiger partial charge in [0, 0.05) is 6.54 Å². The monoisotopic (exact) mass is 461 g/mol. The van der Waals surface area contributed by atoms with Crippen molar-refractivity contribution in [3.05, 3.63) is 101 Å². The van der Waals surface area contributed by atoms with Gasteiger partial charge < -0.3 is 24.2 Å². The third-order valence-corrected chi connectivity index (χ3v) is 5.20. The second-order valence-electron chi connectivity index (χ2n) is 8.04. The van der Waals surface area contributed by atoms with Crippen molar-refractivity contribution in [2.24, 2.45) is 0 Å². The van der Waals surface area contributed by atoms with Crippen molar-refractivity contribution in [2.75, 3.05) is 41.0 Å². The number of methoxy groups -OCH3 is 1. The summed E-state index contributed by atoms with van der Waals surface area (Å²) in [4.78, 5) is 14.1. The third kappa shape index (κ3) is 7.47. The summed E-state index contributed by atoms with van der Waals surface area (Å²) in [5, 5.41) is 9.64. The largest absolute Gasteiger partial charge is 0.508 e. The Hall–Kier alpha value is -3.61. The van der Waals surface area contributed by atoms with Gasteiger partial charge in [0.15, 0.2) is 0 Å². The Bertz CT molecular complexity index is 1060. The lowest BCUT2D eigenvalue weighted by Crippen LogP contribution is -2.20. The summed E-state index contributed by atoms with van der Waals surface area (Å²) in [5.74, 6) is 0.664. The van der Waals surface area contributed by atoms with E-state index in [4.69, 9.17) is 14.2 Å². The normalized spacial score (nSPS) is 12.1. The minimum atomic E-state index is -0.322. The van der Waals surface area contributed by atoms with Gasteiger partial charge >= 0.3 is 5.97 Å². The van der Waals surface area contributed by atoms with Gasteiger partial charge in [0.1, 0.15) is 24.2 Å². The van der Waals surface area contributed by atoms with Gasteiger partial charge in [0.05, 0.1) is 19.3 Å². The molecule has 3 rings (SSSR count). The molecule has 0 fully saturated rings. The maximum Gasteiger partial charge on any atom is 0.338 e. The van der Waals surface area contributed by atoms with E-state index in [2.05, 4.69) is 0 Å². The number of hydrogen-bond acceptors (Lipinski definition) is 6. The molecule has 1 unspecified atom stereocenters. The third-order valence-electron chi connectivity index (χ3n) is 5.20. The zero-order valence-electron chi connectivity index (χ0n) is 19.8. The molecule has 0 aliphatic rings. The summed E-state index contributed by atoms with van der Waals surface area (Å²) in [6.45, 7) is 1.43. The van der Waals surface area contributed by atoms with Crippen LogP contribution in [0, 0.1) is 0 Å². The van der Waals surface area contributed by atoms with E-state index in [-0.39, 0.29) is 17.8 Å². The second-order valence-corrected chi connectivity index (χ2v) is 8.04. The second kappa shape index (κ2) is 12.6. The van der Waals surface area contributed by atoms with Gasteiger partial charge in [-0.1, -0.05) is 48.6 Å². The van der Waals surface area contributed by atoms with Crippen molar-refractivity contribution in [1.29, 1.82) is 0 Å². The van der Waals surface area contributed by atoms with Crippen molar-refractivity contribution >= 4 is 12.0 Å². The van der Waals surface area contributed by atoms with Crippen LogP contribution in [0.4, 0.5) is 0 Å². The highest BCUT2D eigenvalue weighted by atomic mass is 16.5. The Kier molecular flexibility index (Phi) is 9.26. The van der Waals surface area contributed by atoms with Crippen LogP contribution < -0.4 is 4.74 Å². The van der Waals surface area contributed by atoms with Crippen LogP contribution in [0.2, 0.25) is 0 Å². The fourth-order valence-corrected chi connectivity index (χ4v) is 3.28. The topological polar surface area (TPSA) is 68.2 Å². The summed E-state index contributed by atoms with van der Waals surface area (Å²) in [5.41, 5.74) is 3.41. The molecule has 34 heavy (non-hydrogen) atoms. The van der Waals surface area contributed by atoms with Crippen LogP contribution in [-0.4, -0.2) is 56.9 Å². The van der Waals surface area contributed by atoms with E-state index < -0.39 is 0 Å². The predicted molar refractivity (Wildman–Crippen MR) is 133 cm³/mol. The number of phenols is 1. The zero-order chi connectivity index (χ0) is 24.3. The summed E-state index contributed by atoms with van der Waals surface area (Å²) in [6.07, 6.45) is 3.58. The SMILES string of the molecule is COc1ccc(C(OC/C=C/c2ccc(C(=O)OCCN(C)C)cc2)c2ccc(O)cc2)cc1. The summed E-state index contributed by atoms with van der Waals surface area (Å²) in [7, 11) is 5.50. The lowest BCUT2D eigenvalue weighted by molar-refractivity contribution is 0.0482. The van der Waals surface area contributed by atoms with Gasteiger partial charge in [0.2, 0.25) is 0 Å². The molecule has 3 aromatic rings. The quantitative estimate of drug-likeness (QED) is 0.408. The van der Waals surface area contributed by atoms with Gasteiger partial charge in [-0.25, -0.2) is 4.79 Å². The molecule has 0 bridgehead atoms. The molecular formula is C28H31NO5. The number of hydrogen-bond donors (Lipinski definition) is 1. The summed E-state index contributed by atoms with van der Waals surface area (Å²) in [6, 6.07) is 22.0. The fourth-order valence-electron chi connectivity index (χ4n) is 3.28. The molecule has 3 aromatic carbocycles. The molecule has 0 aliphatic carbocycles. The molecule has 0 aliphatic heterocycles. The summed E-state index contributed by atoms with van der Waals surface area (Å²) >= 11 is 0. The average molecular weight is 462 g/mol. The lowest BCUT2D eigenvalue weighted by atomic mass is 10.0. The number of carbonyl (C=O) groups excluding carboxylic acids is 1. The Morgan fingerprint density at radius 2 is 1.56 bits per heavy atom. The molecule has 1 atom stereocenters. The van der Waals surface area contributed by atoms with E-state index in [1.54, 1.807) is 31.4 Å². The first-order valence-corrected chi connectivity index (χ1v) is 11.1. The fraction of sp³-hybridized carbons (Fsp3) is 0.250. The molecule has 0 heterocycles. The van der Waals surface area contributed by atoms with Gasteiger partial charge in [-0.2, -0.15) is 0 Å². The molecule has 178 valence electrons. The van der Waals surface area contributed by atoms with Crippen LogP contribution >= 0.6 is 0 Å². The number of esters is 1. The maximum absolute atomic E-state index is 12.1. The highest BCUT2D eigenvalue weighted by molar-refractivity contribution is 5.89. The number of phenolic OH excluding ortho intramolecular Hbond substituents is 1. The Labute approximate surface area is 201 Å². The lowest BCUT2D eigenvalue weighted by Gasteiger charge is -2.18. The first kappa shape index (κ1) is 25.0.